The lowest BCUT2D eigenvalue weighted by Crippen LogP contribution is -2.30. The van der Waals surface area contributed by atoms with E-state index in [2.05, 4.69) is 55.4 Å². The predicted molar refractivity (Wildman–Crippen MR) is 340 cm³/mol. The summed E-state index contributed by atoms with van der Waals surface area (Å²) in [5.41, 5.74) is 0. The number of hydrogen-bond donors (Lipinski definition) is 3. The molecule has 0 aliphatic carbocycles. The Balaban J connectivity index is 5.27. The van der Waals surface area contributed by atoms with Crippen molar-refractivity contribution in [1.29, 1.82) is 0 Å². The van der Waals surface area contributed by atoms with Gasteiger partial charge in [0.1, 0.15) is 19.3 Å². The fourth-order valence-electron chi connectivity index (χ4n) is 9.72. The Morgan fingerprint density at radius 2 is 0.565 bits per heavy atom. The molecule has 0 fully saturated rings. The van der Waals surface area contributed by atoms with Crippen molar-refractivity contribution in [3.8, 4) is 0 Å². The average Bonchev–Trinajstić information content (AvgIpc) is 3.52. The molecule has 0 radical (unpaired) electrons. The van der Waals surface area contributed by atoms with Crippen LogP contribution in [-0.4, -0.2) is 96.7 Å². The molecule has 0 spiro atoms. The first-order valence-corrected chi connectivity index (χ1v) is 37.3. The molecule has 3 N–H and O–H groups in total. The molecular weight excluding hydrogens is 1130 g/mol. The lowest BCUT2D eigenvalue weighted by Gasteiger charge is -2.21. The zero-order valence-corrected chi connectivity index (χ0v) is 57.0. The molecule has 17 nitrogen and oxygen atoms in total. The molecule has 0 saturated carbocycles. The third-order valence-corrected chi connectivity index (χ3v) is 17.7. The summed E-state index contributed by atoms with van der Waals surface area (Å²) in [5, 5.41) is 10.6. The van der Waals surface area contributed by atoms with E-state index >= 15 is 0 Å². The Morgan fingerprint density at radius 3 is 0.835 bits per heavy atom. The molecule has 0 aromatic rings. The van der Waals surface area contributed by atoms with Gasteiger partial charge in [-0.15, -0.1) is 0 Å². The fraction of sp³-hybridized carbons (Fsp3) is 0.939. The quantitative estimate of drug-likeness (QED) is 0.0222. The van der Waals surface area contributed by atoms with Crippen LogP contribution in [0.1, 0.15) is 319 Å². The van der Waals surface area contributed by atoms with E-state index in [1.807, 2.05) is 0 Å². The van der Waals surface area contributed by atoms with E-state index in [0.29, 0.717) is 25.7 Å². The molecule has 504 valence electrons. The van der Waals surface area contributed by atoms with Gasteiger partial charge in [-0.25, -0.2) is 9.13 Å². The molecule has 4 unspecified atom stereocenters. The molecule has 0 bridgehead atoms. The van der Waals surface area contributed by atoms with Gasteiger partial charge in [-0.3, -0.25) is 37.3 Å². The maximum atomic E-state index is 13.0. The molecule has 0 heterocycles. The minimum absolute atomic E-state index is 0.101. The predicted octanol–water partition coefficient (Wildman–Crippen LogP) is 18.1. The van der Waals surface area contributed by atoms with Crippen molar-refractivity contribution in [3.05, 3.63) is 0 Å². The minimum atomic E-state index is -4.95. The molecule has 0 rings (SSSR count). The maximum absolute atomic E-state index is 13.0. The number of carbonyl (C=O) groups excluding carboxylic acids is 4. The second-order valence-electron chi connectivity index (χ2n) is 25.3. The SMILES string of the molecule is CCC(C)CCCCCCCCC(=O)OC[C@H](COP(=O)(O)OC[C@H](O)COP(=O)(O)OC[C@@H](COC(=O)CCCCCCCCCCCC(C)C)OC(=O)CCCCCCCCCCCCC(C)C)OC(=O)CCCCCCCCC(C)CC. The standard InChI is InChI=1S/C66H128O17P2/c1-9-58(7)44-36-28-22-24-31-39-47-64(69)77-53-62(83-66(71)49-41-33-25-23-29-37-45-59(8)10-2)55-81-85(74,75)79-51-60(67)50-78-84(72,73)80-54-61(52-76-63(68)46-38-30-20-17-13-15-19-27-35-43-57(5)6)82-65(70)48-40-32-21-16-12-11-14-18-26-34-42-56(3)4/h56-62,67H,9-55H2,1-8H3,(H,72,73)(H,74,75)/t58?,59?,60-,61-,62-/m1/s1. The van der Waals surface area contributed by atoms with E-state index in [1.54, 1.807) is 0 Å². The summed E-state index contributed by atoms with van der Waals surface area (Å²) in [6, 6.07) is 0. The Labute approximate surface area is 517 Å². The van der Waals surface area contributed by atoms with Gasteiger partial charge in [0.05, 0.1) is 26.4 Å². The van der Waals surface area contributed by atoms with Gasteiger partial charge >= 0.3 is 39.5 Å². The Kier molecular flexibility index (Phi) is 54.8. The van der Waals surface area contributed by atoms with Crippen molar-refractivity contribution in [2.75, 3.05) is 39.6 Å². The largest absolute Gasteiger partial charge is 0.472 e. The van der Waals surface area contributed by atoms with Crippen LogP contribution in [-0.2, 0) is 65.4 Å². The van der Waals surface area contributed by atoms with E-state index in [-0.39, 0.29) is 25.7 Å². The van der Waals surface area contributed by atoms with Crippen LogP contribution >= 0.6 is 15.6 Å². The number of phosphoric acid groups is 2. The molecule has 0 aromatic heterocycles. The number of aliphatic hydroxyl groups is 1. The summed E-state index contributed by atoms with van der Waals surface area (Å²) < 4.78 is 68.1. The summed E-state index contributed by atoms with van der Waals surface area (Å²) in [6.45, 7) is 14.0. The molecule has 19 heteroatoms. The van der Waals surface area contributed by atoms with E-state index in [9.17, 15) is 43.2 Å². The van der Waals surface area contributed by atoms with Gasteiger partial charge in [-0.05, 0) is 49.4 Å². The fourth-order valence-corrected chi connectivity index (χ4v) is 11.3. The Hall–Kier alpha value is -1.94. The van der Waals surface area contributed by atoms with Crippen LogP contribution in [0.25, 0.3) is 0 Å². The first-order valence-electron chi connectivity index (χ1n) is 34.3. The van der Waals surface area contributed by atoms with Crippen molar-refractivity contribution in [1.82, 2.24) is 0 Å². The molecule has 7 atom stereocenters. The number of rotatable bonds is 63. The van der Waals surface area contributed by atoms with E-state index in [1.165, 1.54) is 116 Å². The smallest absolute Gasteiger partial charge is 0.462 e. The lowest BCUT2D eigenvalue weighted by atomic mass is 10.00. The van der Waals surface area contributed by atoms with Crippen molar-refractivity contribution in [2.45, 2.75) is 337 Å². The zero-order valence-electron chi connectivity index (χ0n) is 55.2. The van der Waals surface area contributed by atoms with Gasteiger partial charge in [0.25, 0.3) is 0 Å². The van der Waals surface area contributed by atoms with Gasteiger partial charge in [-0.1, -0.05) is 267 Å². The summed E-state index contributed by atoms with van der Waals surface area (Å²) in [4.78, 5) is 72.3. The molecule has 0 aliphatic heterocycles. The first-order chi connectivity index (χ1) is 40.7. The monoisotopic (exact) mass is 1250 g/mol. The number of esters is 4. The van der Waals surface area contributed by atoms with Gasteiger partial charge < -0.3 is 33.8 Å². The second kappa shape index (κ2) is 56.1. The van der Waals surface area contributed by atoms with Gasteiger partial charge in [0, 0.05) is 25.7 Å². The third-order valence-electron chi connectivity index (χ3n) is 15.8. The Bertz CT molecular complexity index is 1700. The summed E-state index contributed by atoms with van der Waals surface area (Å²) in [5.74, 6) is 0.808. The highest BCUT2D eigenvalue weighted by Crippen LogP contribution is 2.45. The van der Waals surface area contributed by atoms with Crippen LogP contribution in [0.15, 0.2) is 0 Å². The van der Waals surface area contributed by atoms with E-state index < -0.39 is 97.5 Å². The van der Waals surface area contributed by atoms with Gasteiger partial charge in [0.15, 0.2) is 12.2 Å². The number of carbonyl (C=O) groups is 4. The van der Waals surface area contributed by atoms with Gasteiger partial charge in [0.2, 0.25) is 0 Å². The number of ether oxygens (including phenoxy) is 4. The molecule has 0 aliphatic rings. The van der Waals surface area contributed by atoms with Crippen LogP contribution in [0.5, 0.6) is 0 Å². The van der Waals surface area contributed by atoms with Crippen LogP contribution in [0.2, 0.25) is 0 Å². The third kappa shape index (κ3) is 58.2. The zero-order chi connectivity index (χ0) is 63.2. The van der Waals surface area contributed by atoms with Crippen molar-refractivity contribution < 1.29 is 80.2 Å². The summed E-state index contributed by atoms with van der Waals surface area (Å²) in [6.07, 6.45) is 36.2. The van der Waals surface area contributed by atoms with Crippen molar-refractivity contribution >= 4 is 39.5 Å². The summed E-state index contributed by atoms with van der Waals surface area (Å²) >= 11 is 0. The highest BCUT2D eigenvalue weighted by atomic mass is 31.2. The number of aliphatic hydroxyl groups excluding tert-OH is 1. The van der Waals surface area contributed by atoms with Crippen LogP contribution in [0.4, 0.5) is 0 Å². The number of phosphoric ester groups is 2. The molecule has 0 aromatic carbocycles. The Morgan fingerprint density at radius 1 is 0.329 bits per heavy atom. The maximum Gasteiger partial charge on any atom is 0.472 e. The molecule has 0 amide bonds. The first kappa shape index (κ1) is 83.1. The normalized spacial score (nSPS) is 15.0. The van der Waals surface area contributed by atoms with Crippen molar-refractivity contribution in [3.63, 3.8) is 0 Å². The van der Waals surface area contributed by atoms with Gasteiger partial charge in [-0.2, -0.15) is 0 Å². The molecular formula is C66H128O17P2. The highest BCUT2D eigenvalue weighted by molar-refractivity contribution is 7.47. The van der Waals surface area contributed by atoms with Crippen LogP contribution < -0.4 is 0 Å². The number of hydrogen-bond acceptors (Lipinski definition) is 15. The lowest BCUT2D eigenvalue weighted by molar-refractivity contribution is -0.161. The van der Waals surface area contributed by atoms with Crippen LogP contribution in [0.3, 0.4) is 0 Å². The molecule has 85 heavy (non-hydrogen) atoms. The minimum Gasteiger partial charge on any atom is -0.462 e. The topological polar surface area (TPSA) is 237 Å². The van der Waals surface area contributed by atoms with Crippen molar-refractivity contribution in [2.24, 2.45) is 23.7 Å². The highest BCUT2D eigenvalue weighted by Gasteiger charge is 2.30. The number of unbranched alkanes of at least 4 members (excludes halogenated alkanes) is 27. The average molecular weight is 1260 g/mol. The van der Waals surface area contributed by atoms with E-state index in [0.717, 1.165) is 120 Å². The second-order valence-corrected chi connectivity index (χ2v) is 28.2. The summed E-state index contributed by atoms with van der Waals surface area (Å²) in [7, 11) is -9.89. The molecule has 0 saturated heterocycles. The van der Waals surface area contributed by atoms with Crippen LogP contribution in [0, 0.1) is 23.7 Å². The van der Waals surface area contributed by atoms with E-state index in [4.69, 9.17) is 37.0 Å².